The summed E-state index contributed by atoms with van der Waals surface area (Å²) in [5.74, 6) is -0.852. The number of nitrogens with one attached hydrogen (secondary N) is 1. The number of carbonyl (C=O) groups is 1. The van der Waals surface area contributed by atoms with Crippen LogP contribution in [0.5, 0.6) is 0 Å². The van der Waals surface area contributed by atoms with Crippen molar-refractivity contribution in [2.75, 3.05) is 5.32 Å². The Morgan fingerprint density at radius 2 is 1.71 bits per heavy atom. The van der Waals surface area contributed by atoms with Crippen LogP contribution >= 0.6 is 0 Å². The van der Waals surface area contributed by atoms with Gasteiger partial charge in [-0.2, -0.15) is 18.3 Å². The fourth-order valence-electron chi connectivity index (χ4n) is 3.73. The van der Waals surface area contributed by atoms with Crippen LogP contribution < -0.4 is 16.6 Å². The standard InChI is InChI=1S/C24H22F3N5O3/c1-3-30-13-19-21(29-30)22(34)32(12-16-10-8-15(2)9-11-16)23(35)31(19)14-20(33)28-18-7-5-4-6-17(18)24(25,26)27/h4-11,13H,3,12,14H2,1-2H3,(H,28,33). The number of aryl methyl sites for hydroxylation is 2. The van der Waals surface area contributed by atoms with Gasteiger partial charge in [-0.3, -0.25) is 23.4 Å². The molecule has 0 radical (unpaired) electrons. The number of anilines is 1. The van der Waals surface area contributed by atoms with Crippen LogP contribution in [-0.4, -0.2) is 24.8 Å². The molecule has 4 rings (SSSR count). The van der Waals surface area contributed by atoms with Crippen LogP contribution in [0.3, 0.4) is 0 Å². The highest BCUT2D eigenvalue weighted by Gasteiger charge is 2.33. The first-order chi connectivity index (χ1) is 16.6. The maximum atomic E-state index is 13.3. The number of halogens is 3. The van der Waals surface area contributed by atoms with Crippen LogP contribution in [0.1, 0.15) is 23.6 Å². The minimum Gasteiger partial charge on any atom is -0.324 e. The first-order valence-electron chi connectivity index (χ1n) is 10.8. The van der Waals surface area contributed by atoms with Crippen molar-refractivity contribution < 1.29 is 18.0 Å². The quantitative estimate of drug-likeness (QED) is 0.453. The van der Waals surface area contributed by atoms with Gasteiger partial charge >= 0.3 is 11.9 Å². The minimum atomic E-state index is -4.67. The molecule has 0 aliphatic heterocycles. The van der Waals surface area contributed by atoms with E-state index in [0.29, 0.717) is 12.1 Å². The monoisotopic (exact) mass is 485 g/mol. The van der Waals surface area contributed by atoms with Crippen molar-refractivity contribution in [3.63, 3.8) is 0 Å². The fraction of sp³-hybridized carbons (Fsp3) is 0.250. The van der Waals surface area contributed by atoms with Gasteiger partial charge in [0.2, 0.25) is 5.91 Å². The Bertz CT molecular complexity index is 1510. The van der Waals surface area contributed by atoms with E-state index < -0.39 is 41.1 Å². The third-order valence-corrected chi connectivity index (χ3v) is 5.54. The number of carbonyl (C=O) groups excluding carboxylic acids is 1. The summed E-state index contributed by atoms with van der Waals surface area (Å²) in [6.45, 7) is 3.45. The van der Waals surface area contributed by atoms with Gasteiger partial charge in [-0.05, 0) is 31.5 Å². The summed E-state index contributed by atoms with van der Waals surface area (Å²) >= 11 is 0. The number of nitrogens with zero attached hydrogens (tertiary/aromatic N) is 4. The summed E-state index contributed by atoms with van der Waals surface area (Å²) in [7, 11) is 0. The Kier molecular flexibility index (Phi) is 6.33. The second-order valence-corrected chi connectivity index (χ2v) is 8.06. The molecule has 0 bridgehead atoms. The van der Waals surface area contributed by atoms with E-state index in [0.717, 1.165) is 26.8 Å². The Hall–Kier alpha value is -4.15. The molecule has 4 aromatic rings. The second kappa shape index (κ2) is 9.24. The lowest BCUT2D eigenvalue weighted by Gasteiger charge is -2.15. The number of aromatic nitrogens is 4. The van der Waals surface area contributed by atoms with Gasteiger partial charge in [0.05, 0.1) is 23.3 Å². The van der Waals surface area contributed by atoms with Crippen molar-refractivity contribution in [1.29, 1.82) is 0 Å². The number of hydrogen-bond donors (Lipinski definition) is 1. The zero-order valence-corrected chi connectivity index (χ0v) is 19.0. The van der Waals surface area contributed by atoms with Crippen LogP contribution in [0.4, 0.5) is 18.9 Å². The minimum absolute atomic E-state index is 0.0120. The Labute approximate surface area is 197 Å². The molecule has 2 aromatic heterocycles. The van der Waals surface area contributed by atoms with E-state index in [2.05, 4.69) is 10.4 Å². The molecule has 2 heterocycles. The number of para-hydroxylation sites is 1. The van der Waals surface area contributed by atoms with Gasteiger partial charge in [0.15, 0.2) is 5.52 Å². The number of alkyl halides is 3. The van der Waals surface area contributed by atoms with Gasteiger partial charge < -0.3 is 5.32 Å². The normalized spacial score (nSPS) is 11.7. The third kappa shape index (κ3) is 4.88. The molecule has 0 saturated heterocycles. The Morgan fingerprint density at radius 1 is 1.03 bits per heavy atom. The van der Waals surface area contributed by atoms with Crippen molar-refractivity contribution in [1.82, 2.24) is 18.9 Å². The van der Waals surface area contributed by atoms with E-state index >= 15 is 0 Å². The van der Waals surface area contributed by atoms with Gasteiger partial charge in [0.25, 0.3) is 5.56 Å². The SMILES string of the molecule is CCn1cc2c(n1)c(=O)n(Cc1ccc(C)cc1)c(=O)n2CC(=O)Nc1ccccc1C(F)(F)F. The van der Waals surface area contributed by atoms with E-state index in [4.69, 9.17) is 0 Å². The number of hydrogen-bond acceptors (Lipinski definition) is 4. The molecule has 35 heavy (non-hydrogen) atoms. The highest BCUT2D eigenvalue weighted by Crippen LogP contribution is 2.34. The zero-order chi connectivity index (χ0) is 25.3. The molecule has 1 amide bonds. The predicted octanol–water partition coefficient (Wildman–Crippen LogP) is 3.39. The summed E-state index contributed by atoms with van der Waals surface area (Å²) < 4.78 is 43.4. The first kappa shape index (κ1) is 24.0. The summed E-state index contributed by atoms with van der Waals surface area (Å²) in [5.41, 5.74) is -0.996. The highest BCUT2D eigenvalue weighted by atomic mass is 19.4. The number of fused-ring (bicyclic) bond motifs is 1. The number of benzene rings is 2. The largest absolute Gasteiger partial charge is 0.418 e. The Balaban J connectivity index is 1.76. The average molecular weight is 485 g/mol. The lowest BCUT2D eigenvalue weighted by molar-refractivity contribution is -0.137. The van der Waals surface area contributed by atoms with Crippen LogP contribution in [0, 0.1) is 6.92 Å². The van der Waals surface area contributed by atoms with Crippen LogP contribution in [0.25, 0.3) is 11.0 Å². The molecule has 0 aliphatic rings. The van der Waals surface area contributed by atoms with E-state index in [9.17, 15) is 27.6 Å². The molecule has 2 aromatic carbocycles. The van der Waals surface area contributed by atoms with Crippen LogP contribution in [0.2, 0.25) is 0 Å². The van der Waals surface area contributed by atoms with Crippen molar-refractivity contribution >= 4 is 22.6 Å². The number of amides is 1. The van der Waals surface area contributed by atoms with Crippen molar-refractivity contribution in [3.05, 3.63) is 92.3 Å². The van der Waals surface area contributed by atoms with Crippen LogP contribution in [-0.2, 0) is 30.6 Å². The molecule has 0 atom stereocenters. The summed E-state index contributed by atoms with van der Waals surface area (Å²) in [5, 5.41) is 6.46. The van der Waals surface area contributed by atoms with Gasteiger partial charge in [-0.1, -0.05) is 42.0 Å². The highest BCUT2D eigenvalue weighted by molar-refractivity contribution is 5.92. The number of rotatable bonds is 6. The summed E-state index contributed by atoms with van der Waals surface area (Å²) in [6, 6.07) is 11.8. The van der Waals surface area contributed by atoms with E-state index in [-0.39, 0.29) is 17.6 Å². The maximum absolute atomic E-state index is 13.3. The lowest BCUT2D eigenvalue weighted by atomic mass is 10.1. The smallest absolute Gasteiger partial charge is 0.324 e. The van der Waals surface area contributed by atoms with E-state index in [1.54, 1.807) is 19.1 Å². The maximum Gasteiger partial charge on any atom is 0.418 e. The van der Waals surface area contributed by atoms with E-state index in [1.807, 2.05) is 19.1 Å². The average Bonchev–Trinajstić information content (AvgIpc) is 3.25. The Morgan fingerprint density at radius 3 is 2.37 bits per heavy atom. The fourth-order valence-corrected chi connectivity index (χ4v) is 3.73. The summed E-state index contributed by atoms with van der Waals surface area (Å²) in [6.07, 6.45) is -3.21. The molecule has 0 saturated carbocycles. The molecule has 0 fully saturated rings. The lowest BCUT2D eigenvalue weighted by Crippen LogP contribution is -2.42. The predicted molar refractivity (Wildman–Crippen MR) is 124 cm³/mol. The molecule has 11 heteroatoms. The first-order valence-corrected chi connectivity index (χ1v) is 10.8. The van der Waals surface area contributed by atoms with Crippen molar-refractivity contribution in [2.45, 2.75) is 39.7 Å². The van der Waals surface area contributed by atoms with Gasteiger partial charge in [-0.25, -0.2) is 4.79 Å². The molecule has 8 nitrogen and oxygen atoms in total. The molecule has 0 spiro atoms. The summed E-state index contributed by atoms with van der Waals surface area (Å²) in [4.78, 5) is 39.2. The second-order valence-electron chi connectivity index (χ2n) is 8.06. The molecule has 1 N–H and O–H groups in total. The molecular formula is C24H22F3N5O3. The van der Waals surface area contributed by atoms with Gasteiger partial charge in [0.1, 0.15) is 6.54 Å². The zero-order valence-electron chi connectivity index (χ0n) is 19.0. The van der Waals surface area contributed by atoms with Crippen LogP contribution in [0.15, 0.2) is 64.3 Å². The molecular weight excluding hydrogens is 463 g/mol. The van der Waals surface area contributed by atoms with Crippen molar-refractivity contribution in [2.24, 2.45) is 0 Å². The van der Waals surface area contributed by atoms with E-state index in [1.165, 1.54) is 23.0 Å². The molecule has 0 unspecified atom stereocenters. The molecule has 0 aliphatic carbocycles. The van der Waals surface area contributed by atoms with Gasteiger partial charge in [-0.15, -0.1) is 0 Å². The topological polar surface area (TPSA) is 90.9 Å². The van der Waals surface area contributed by atoms with Gasteiger partial charge in [0, 0.05) is 12.7 Å². The third-order valence-electron chi connectivity index (χ3n) is 5.54. The molecule has 182 valence electrons. The van der Waals surface area contributed by atoms with Crippen molar-refractivity contribution in [3.8, 4) is 0 Å².